The van der Waals surface area contributed by atoms with Crippen molar-refractivity contribution in [3.05, 3.63) is 89.5 Å². The third kappa shape index (κ3) is 4.89. The minimum atomic E-state index is -3.38. The molecule has 9 heteroatoms. The number of carbonyl (C=O) groups is 1. The molecule has 1 amide bonds. The Bertz CT molecular complexity index is 1320. The number of para-hydroxylation sites is 1. The molecule has 0 aromatic heterocycles. The van der Waals surface area contributed by atoms with Gasteiger partial charge in [-0.05, 0) is 35.9 Å². The van der Waals surface area contributed by atoms with Gasteiger partial charge in [-0.25, -0.2) is 13.4 Å². The van der Waals surface area contributed by atoms with Gasteiger partial charge in [-0.15, -0.1) is 0 Å². The average Bonchev–Trinajstić information content (AvgIpc) is 3.28. The van der Waals surface area contributed by atoms with Gasteiger partial charge in [0.1, 0.15) is 0 Å². The standard InChI is InChI=1S/C25H25N3O5S/c1-32-23-11-7-10-20(24(23)33-2)22-16-21(17-12-14-19(15-13-17)27-34(3,30)31)26-28(22)25(29)18-8-5-4-6-9-18/h4-15,22,27H,16H2,1-3H3/t22-/m1/s1. The molecule has 0 aliphatic carbocycles. The smallest absolute Gasteiger partial charge is 0.274 e. The molecule has 0 saturated heterocycles. The number of benzene rings is 3. The molecule has 1 aliphatic rings. The van der Waals surface area contributed by atoms with Gasteiger partial charge in [0.2, 0.25) is 10.0 Å². The Balaban J connectivity index is 1.74. The molecular formula is C25H25N3O5S. The predicted octanol–water partition coefficient (Wildman–Crippen LogP) is 4.07. The minimum absolute atomic E-state index is 0.235. The molecule has 1 heterocycles. The van der Waals surface area contributed by atoms with Crippen molar-refractivity contribution in [1.29, 1.82) is 0 Å². The first-order valence-electron chi connectivity index (χ1n) is 10.6. The Hall–Kier alpha value is -3.85. The van der Waals surface area contributed by atoms with E-state index in [1.807, 2.05) is 30.3 Å². The van der Waals surface area contributed by atoms with Crippen LogP contribution in [0, 0.1) is 0 Å². The first-order valence-corrected chi connectivity index (χ1v) is 12.4. The summed E-state index contributed by atoms with van der Waals surface area (Å²) in [7, 11) is -0.247. The van der Waals surface area contributed by atoms with Crippen LogP contribution in [0.25, 0.3) is 0 Å². The molecule has 3 aromatic rings. The van der Waals surface area contributed by atoms with Crippen LogP contribution in [0.4, 0.5) is 5.69 Å². The molecule has 176 valence electrons. The number of methoxy groups -OCH3 is 2. The van der Waals surface area contributed by atoms with Crippen LogP contribution in [-0.2, 0) is 10.0 Å². The maximum atomic E-state index is 13.4. The first kappa shape index (κ1) is 23.3. The Morgan fingerprint density at radius 2 is 1.68 bits per heavy atom. The fraction of sp³-hybridized carbons (Fsp3) is 0.200. The molecule has 1 aliphatic heterocycles. The molecule has 0 saturated carbocycles. The molecule has 3 aromatic carbocycles. The lowest BCUT2D eigenvalue weighted by Gasteiger charge is -2.24. The molecule has 0 unspecified atom stereocenters. The van der Waals surface area contributed by atoms with E-state index in [4.69, 9.17) is 14.6 Å². The molecular weight excluding hydrogens is 454 g/mol. The average molecular weight is 480 g/mol. The second-order valence-corrected chi connectivity index (χ2v) is 9.57. The summed E-state index contributed by atoms with van der Waals surface area (Å²) in [4.78, 5) is 13.4. The number of hydrogen-bond acceptors (Lipinski definition) is 6. The maximum Gasteiger partial charge on any atom is 0.274 e. The van der Waals surface area contributed by atoms with Gasteiger partial charge in [-0.3, -0.25) is 9.52 Å². The van der Waals surface area contributed by atoms with Crippen LogP contribution in [0.1, 0.15) is 33.9 Å². The van der Waals surface area contributed by atoms with E-state index in [0.29, 0.717) is 34.9 Å². The zero-order valence-electron chi connectivity index (χ0n) is 19.1. The van der Waals surface area contributed by atoms with Gasteiger partial charge in [-0.1, -0.05) is 42.5 Å². The van der Waals surface area contributed by atoms with Gasteiger partial charge < -0.3 is 9.47 Å². The summed E-state index contributed by atoms with van der Waals surface area (Å²) in [6.45, 7) is 0. The molecule has 0 bridgehead atoms. The molecule has 1 N–H and O–H groups in total. The SMILES string of the molecule is COc1cccc([C@H]2CC(c3ccc(NS(C)(=O)=O)cc3)=NN2C(=O)c2ccccc2)c1OC. The van der Waals surface area contributed by atoms with Crippen molar-refractivity contribution in [1.82, 2.24) is 5.01 Å². The first-order chi connectivity index (χ1) is 16.3. The van der Waals surface area contributed by atoms with E-state index in [-0.39, 0.29) is 5.91 Å². The lowest BCUT2D eigenvalue weighted by atomic mass is 9.97. The quantitative estimate of drug-likeness (QED) is 0.551. The number of sulfonamides is 1. The summed E-state index contributed by atoms with van der Waals surface area (Å²) < 4.78 is 36.6. The topological polar surface area (TPSA) is 97.3 Å². The highest BCUT2D eigenvalue weighted by atomic mass is 32.2. The van der Waals surface area contributed by atoms with E-state index < -0.39 is 16.1 Å². The van der Waals surface area contributed by atoms with E-state index in [9.17, 15) is 13.2 Å². The number of hydrogen-bond donors (Lipinski definition) is 1. The third-order valence-corrected chi connectivity index (χ3v) is 6.06. The Labute approximate surface area is 198 Å². The summed E-state index contributed by atoms with van der Waals surface area (Å²) in [6, 6.07) is 21.0. The second kappa shape index (κ2) is 9.56. The largest absolute Gasteiger partial charge is 0.493 e. The molecule has 0 spiro atoms. The second-order valence-electron chi connectivity index (χ2n) is 7.82. The Kier molecular flexibility index (Phi) is 6.56. The zero-order chi connectivity index (χ0) is 24.3. The number of amides is 1. The van der Waals surface area contributed by atoms with E-state index in [2.05, 4.69) is 4.72 Å². The van der Waals surface area contributed by atoms with E-state index in [0.717, 1.165) is 17.4 Å². The summed E-state index contributed by atoms with van der Waals surface area (Å²) in [5.41, 5.74) is 3.24. The maximum absolute atomic E-state index is 13.4. The van der Waals surface area contributed by atoms with Crippen LogP contribution < -0.4 is 14.2 Å². The molecule has 0 fully saturated rings. The van der Waals surface area contributed by atoms with Crippen LogP contribution in [0.5, 0.6) is 11.5 Å². The number of hydrazone groups is 1. The van der Waals surface area contributed by atoms with E-state index >= 15 is 0 Å². The van der Waals surface area contributed by atoms with Crippen LogP contribution in [0.15, 0.2) is 77.9 Å². The van der Waals surface area contributed by atoms with Crippen LogP contribution in [-0.4, -0.2) is 45.5 Å². The number of rotatable bonds is 7. The van der Waals surface area contributed by atoms with Crippen molar-refractivity contribution in [3.8, 4) is 11.5 Å². The summed E-state index contributed by atoms with van der Waals surface area (Å²) >= 11 is 0. The van der Waals surface area contributed by atoms with Crippen molar-refractivity contribution in [3.63, 3.8) is 0 Å². The van der Waals surface area contributed by atoms with Gasteiger partial charge >= 0.3 is 0 Å². The van der Waals surface area contributed by atoms with Gasteiger partial charge in [0.05, 0.1) is 32.2 Å². The lowest BCUT2D eigenvalue weighted by Crippen LogP contribution is -2.27. The monoisotopic (exact) mass is 479 g/mol. The number of ether oxygens (including phenoxy) is 2. The number of nitrogens with one attached hydrogen (secondary N) is 1. The lowest BCUT2D eigenvalue weighted by molar-refractivity contribution is 0.0709. The predicted molar refractivity (Wildman–Crippen MR) is 131 cm³/mol. The molecule has 0 radical (unpaired) electrons. The molecule has 8 nitrogen and oxygen atoms in total. The summed E-state index contributed by atoms with van der Waals surface area (Å²) in [5, 5.41) is 6.17. The minimum Gasteiger partial charge on any atom is -0.493 e. The highest BCUT2D eigenvalue weighted by molar-refractivity contribution is 7.92. The van der Waals surface area contributed by atoms with Crippen molar-refractivity contribution in [2.24, 2.45) is 5.10 Å². The van der Waals surface area contributed by atoms with Crippen LogP contribution >= 0.6 is 0 Å². The Morgan fingerprint density at radius 1 is 0.971 bits per heavy atom. The fourth-order valence-electron chi connectivity index (χ4n) is 3.95. The third-order valence-electron chi connectivity index (χ3n) is 5.45. The van der Waals surface area contributed by atoms with Crippen LogP contribution in [0.2, 0.25) is 0 Å². The highest BCUT2D eigenvalue weighted by Crippen LogP contribution is 2.42. The molecule has 34 heavy (non-hydrogen) atoms. The molecule has 4 rings (SSSR count). The highest BCUT2D eigenvalue weighted by Gasteiger charge is 2.36. The van der Waals surface area contributed by atoms with Crippen molar-refractivity contribution < 1.29 is 22.7 Å². The van der Waals surface area contributed by atoms with Crippen molar-refractivity contribution >= 4 is 27.3 Å². The number of nitrogens with zero attached hydrogens (tertiary/aromatic N) is 2. The fourth-order valence-corrected chi connectivity index (χ4v) is 4.51. The number of anilines is 1. The van der Waals surface area contributed by atoms with Gasteiger partial charge in [-0.2, -0.15) is 5.10 Å². The Morgan fingerprint density at radius 3 is 2.29 bits per heavy atom. The van der Waals surface area contributed by atoms with E-state index in [1.54, 1.807) is 56.7 Å². The van der Waals surface area contributed by atoms with Gasteiger partial charge in [0.25, 0.3) is 5.91 Å². The van der Waals surface area contributed by atoms with Crippen molar-refractivity contribution in [2.75, 3.05) is 25.2 Å². The summed E-state index contributed by atoms with van der Waals surface area (Å²) in [5.74, 6) is 0.877. The van der Waals surface area contributed by atoms with Gasteiger partial charge in [0.15, 0.2) is 11.5 Å². The van der Waals surface area contributed by atoms with Crippen LogP contribution in [0.3, 0.4) is 0 Å². The number of carbonyl (C=O) groups excluding carboxylic acids is 1. The van der Waals surface area contributed by atoms with E-state index in [1.165, 1.54) is 5.01 Å². The molecule has 1 atom stereocenters. The summed E-state index contributed by atoms with van der Waals surface area (Å²) in [6.07, 6.45) is 1.54. The normalized spacial score (nSPS) is 15.6. The van der Waals surface area contributed by atoms with Crippen molar-refractivity contribution in [2.45, 2.75) is 12.5 Å². The zero-order valence-corrected chi connectivity index (χ0v) is 19.9. The van der Waals surface area contributed by atoms with Gasteiger partial charge in [0, 0.05) is 23.2 Å².